The second kappa shape index (κ2) is 8.03. The van der Waals surface area contributed by atoms with Gasteiger partial charge in [0.25, 0.3) is 0 Å². The van der Waals surface area contributed by atoms with Crippen molar-refractivity contribution in [2.45, 2.75) is 40.2 Å². The molecule has 7 heteroatoms. The molecule has 1 aromatic heterocycles. The maximum absolute atomic E-state index is 12.5. The van der Waals surface area contributed by atoms with Gasteiger partial charge < -0.3 is 14.2 Å². The molecule has 0 saturated heterocycles. The Hall–Kier alpha value is -2.83. The molecule has 0 aliphatic rings. The van der Waals surface area contributed by atoms with E-state index in [2.05, 4.69) is 5.10 Å². The van der Waals surface area contributed by atoms with Crippen molar-refractivity contribution in [1.29, 1.82) is 0 Å². The van der Waals surface area contributed by atoms with E-state index in [1.54, 1.807) is 45.9 Å². The Bertz CT molecular complexity index is 830. The third-order valence-electron chi connectivity index (χ3n) is 3.22. The monoisotopic (exact) mass is 360 g/mol. The number of benzene rings is 1. The predicted octanol–water partition coefficient (Wildman–Crippen LogP) is 3.79. The van der Waals surface area contributed by atoms with Crippen molar-refractivity contribution in [3.05, 3.63) is 30.0 Å². The van der Waals surface area contributed by atoms with Crippen LogP contribution < -0.4 is 4.74 Å². The standard InChI is InChI=1S/C19H24N2O5/c1-6-24-13-8-10-16-14(12-13)15(9-11-17(22)25-7-2)20-21(16)18(23)26-19(3,4)5/h8-12H,6-7H2,1-5H3/b11-9+. The summed E-state index contributed by atoms with van der Waals surface area (Å²) in [5.74, 6) is 0.169. The molecule has 0 unspecified atom stereocenters. The third kappa shape index (κ3) is 4.84. The van der Waals surface area contributed by atoms with Gasteiger partial charge in [0.15, 0.2) is 0 Å². The van der Waals surface area contributed by atoms with Crippen molar-refractivity contribution >= 4 is 29.0 Å². The van der Waals surface area contributed by atoms with Crippen LogP contribution in [0.4, 0.5) is 4.79 Å². The molecule has 140 valence electrons. The lowest BCUT2D eigenvalue weighted by molar-refractivity contribution is -0.137. The maximum Gasteiger partial charge on any atom is 0.435 e. The first-order valence-electron chi connectivity index (χ1n) is 8.49. The molecule has 0 radical (unpaired) electrons. The van der Waals surface area contributed by atoms with Crippen LogP contribution in [-0.4, -0.2) is 40.7 Å². The predicted molar refractivity (Wildman–Crippen MR) is 98.2 cm³/mol. The average Bonchev–Trinajstić information content (AvgIpc) is 2.90. The molecular formula is C19H24N2O5. The van der Waals surface area contributed by atoms with Gasteiger partial charge >= 0.3 is 12.1 Å². The number of nitrogens with zero attached hydrogens (tertiary/aromatic N) is 2. The zero-order chi connectivity index (χ0) is 19.3. The van der Waals surface area contributed by atoms with Crippen LogP contribution in [0.5, 0.6) is 5.75 Å². The molecule has 0 amide bonds. The van der Waals surface area contributed by atoms with Crippen LogP contribution >= 0.6 is 0 Å². The van der Waals surface area contributed by atoms with Crippen molar-refractivity contribution in [2.75, 3.05) is 13.2 Å². The molecule has 0 atom stereocenters. The van der Waals surface area contributed by atoms with Crippen molar-refractivity contribution in [3.63, 3.8) is 0 Å². The summed E-state index contributed by atoms with van der Waals surface area (Å²) < 4.78 is 17.0. The fourth-order valence-corrected chi connectivity index (χ4v) is 2.28. The second-order valence-corrected chi connectivity index (χ2v) is 6.47. The van der Waals surface area contributed by atoms with E-state index in [4.69, 9.17) is 14.2 Å². The smallest absolute Gasteiger partial charge is 0.435 e. The molecule has 26 heavy (non-hydrogen) atoms. The first-order chi connectivity index (χ1) is 12.2. The Labute approximate surface area is 152 Å². The minimum Gasteiger partial charge on any atom is -0.494 e. The largest absolute Gasteiger partial charge is 0.494 e. The number of carbonyl (C=O) groups excluding carboxylic acids is 2. The number of esters is 1. The molecule has 1 aromatic carbocycles. The highest BCUT2D eigenvalue weighted by Gasteiger charge is 2.22. The molecule has 0 aliphatic carbocycles. The van der Waals surface area contributed by atoms with Gasteiger partial charge in [-0.2, -0.15) is 9.78 Å². The first kappa shape index (κ1) is 19.5. The SMILES string of the molecule is CCOC(=O)/C=C/c1nn(C(=O)OC(C)(C)C)c2ccc(OCC)cc12. The lowest BCUT2D eigenvalue weighted by Gasteiger charge is -2.19. The van der Waals surface area contributed by atoms with Gasteiger partial charge in [-0.1, -0.05) is 0 Å². The summed E-state index contributed by atoms with van der Waals surface area (Å²) >= 11 is 0. The molecule has 2 aromatic rings. The van der Waals surface area contributed by atoms with Crippen LogP contribution in [0.15, 0.2) is 24.3 Å². The molecule has 0 fully saturated rings. The van der Waals surface area contributed by atoms with Crippen LogP contribution in [-0.2, 0) is 14.3 Å². The zero-order valence-electron chi connectivity index (χ0n) is 15.7. The summed E-state index contributed by atoms with van der Waals surface area (Å²) in [6.07, 6.45) is 2.19. The van der Waals surface area contributed by atoms with Crippen LogP contribution in [0, 0.1) is 0 Å². The molecule has 0 spiro atoms. The van der Waals surface area contributed by atoms with Crippen molar-refractivity contribution < 1.29 is 23.8 Å². The van der Waals surface area contributed by atoms with Gasteiger partial charge in [0.05, 0.1) is 24.4 Å². The quantitative estimate of drug-likeness (QED) is 0.596. The Morgan fingerprint density at radius 3 is 2.54 bits per heavy atom. The number of hydrogen-bond donors (Lipinski definition) is 0. The number of rotatable bonds is 5. The molecule has 7 nitrogen and oxygen atoms in total. The van der Waals surface area contributed by atoms with E-state index < -0.39 is 17.7 Å². The Kier molecular flexibility index (Phi) is 6.02. The van der Waals surface area contributed by atoms with Crippen LogP contribution in [0.1, 0.15) is 40.3 Å². The van der Waals surface area contributed by atoms with Crippen LogP contribution in [0.25, 0.3) is 17.0 Å². The summed E-state index contributed by atoms with van der Waals surface area (Å²) in [6.45, 7) is 9.76. The van der Waals surface area contributed by atoms with Crippen molar-refractivity contribution in [2.24, 2.45) is 0 Å². The van der Waals surface area contributed by atoms with E-state index in [0.717, 1.165) is 0 Å². The highest BCUT2D eigenvalue weighted by molar-refractivity contribution is 5.96. The van der Waals surface area contributed by atoms with Gasteiger partial charge in [0.2, 0.25) is 0 Å². The fourth-order valence-electron chi connectivity index (χ4n) is 2.28. The normalized spacial score (nSPS) is 11.7. The number of ether oxygens (including phenoxy) is 3. The van der Waals surface area contributed by atoms with Crippen LogP contribution in [0.3, 0.4) is 0 Å². The van der Waals surface area contributed by atoms with Crippen molar-refractivity contribution in [3.8, 4) is 5.75 Å². The lowest BCUT2D eigenvalue weighted by Crippen LogP contribution is -2.27. The average molecular weight is 360 g/mol. The fraction of sp³-hybridized carbons (Fsp3) is 0.421. The minimum absolute atomic E-state index is 0.282. The van der Waals surface area contributed by atoms with E-state index in [9.17, 15) is 9.59 Å². The van der Waals surface area contributed by atoms with E-state index >= 15 is 0 Å². The number of carbonyl (C=O) groups is 2. The van der Waals surface area contributed by atoms with Gasteiger partial charge in [0.1, 0.15) is 11.4 Å². The first-order valence-corrected chi connectivity index (χ1v) is 8.49. The molecule has 2 rings (SSSR count). The van der Waals surface area contributed by atoms with Gasteiger partial charge in [-0.05, 0) is 58.9 Å². The third-order valence-corrected chi connectivity index (χ3v) is 3.22. The Morgan fingerprint density at radius 2 is 1.92 bits per heavy atom. The summed E-state index contributed by atoms with van der Waals surface area (Å²) in [6, 6.07) is 5.27. The Balaban J connectivity index is 2.49. The van der Waals surface area contributed by atoms with E-state index in [0.29, 0.717) is 29.0 Å². The number of hydrogen-bond acceptors (Lipinski definition) is 6. The second-order valence-electron chi connectivity index (χ2n) is 6.47. The molecule has 0 bridgehead atoms. The molecule has 0 aliphatic heterocycles. The summed E-state index contributed by atoms with van der Waals surface area (Å²) in [5.41, 5.74) is 0.355. The van der Waals surface area contributed by atoms with E-state index in [1.165, 1.54) is 16.8 Å². The highest BCUT2D eigenvalue weighted by Crippen LogP contribution is 2.26. The number of aromatic nitrogens is 2. The zero-order valence-corrected chi connectivity index (χ0v) is 15.7. The molecule has 0 N–H and O–H groups in total. The Morgan fingerprint density at radius 1 is 1.19 bits per heavy atom. The molecular weight excluding hydrogens is 336 g/mol. The lowest BCUT2D eigenvalue weighted by atomic mass is 10.2. The summed E-state index contributed by atoms with van der Waals surface area (Å²) in [4.78, 5) is 24.1. The maximum atomic E-state index is 12.5. The van der Waals surface area contributed by atoms with E-state index in [1.807, 2.05) is 6.92 Å². The number of fused-ring (bicyclic) bond motifs is 1. The van der Waals surface area contributed by atoms with Crippen molar-refractivity contribution in [1.82, 2.24) is 9.78 Å². The van der Waals surface area contributed by atoms with Gasteiger partial charge in [-0.25, -0.2) is 9.59 Å². The highest BCUT2D eigenvalue weighted by atomic mass is 16.6. The molecule has 0 saturated carbocycles. The van der Waals surface area contributed by atoms with E-state index in [-0.39, 0.29) is 6.61 Å². The van der Waals surface area contributed by atoms with Gasteiger partial charge in [-0.15, -0.1) is 0 Å². The summed E-state index contributed by atoms with van der Waals surface area (Å²) in [7, 11) is 0. The van der Waals surface area contributed by atoms with Gasteiger partial charge in [0, 0.05) is 11.5 Å². The van der Waals surface area contributed by atoms with Crippen LogP contribution in [0.2, 0.25) is 0 Å². The van der Waals surface area contributed by atoms with Gasteiger partial charge in [-0.3, -0.25) is 0 Å². The molecule has 1 heterocycles. The topological polar surface area (TPSA) is 79.7 Å². The minimum atomic E-state index is -0.651. The summed E-state index contributed by atoms with van der Waals surface area (Å²) in [5, 5.41) is 4.97.